The average Bonchev–Trinajstić information content (AvgIpc) is 3.09. The second kappa shape index (κ2) is 6.75. The van der Waals surface area contributed by atoms with Gasteiger partial charge in [-0.05, 0) is 36.4 Å². The van der Waals surface area contributed by atoms with Gasteiger partial charge in [-0.2, -0.15) is 0 Å². The zero-order valence-electron chi connectivity index (χ0n) is 12.6. The number of furan rings is 1. The van der Waals surface area contributed by atoms with Crippen molar-refractivity contribution >= 4 is 17.5 Å². The highest BCUT2D eigenvalue weighted by Gasteiger charge is 2.08. The van der Waals surface area contributed by atoms with Crippen LogP contribution in [-0.4, -0.2) is 10.7 Å². The van der Waals surface area contributed by atoms with Gasteiger partial charge in [0, 0.05) is 23.3 Å². The fourth-order valence-electron chi connectivity index (χ4n) is 2.20. The lowest BCUT2D eigenvalue weighted by Crippen LogP contribution is -1.95. The molecule has 1 aromatic heterocycles. The summed E-state index contributed by atoms with van der Waals surface area (Å²) in [5.41, 5.74) is 1.29. The number of allylic oxidation sites excluding steroid dienone is 1. The fraction of sp³-hybridized carbons (Fsp3) is 0. The van der Waals surface area contributed by atoms with Crippen LogP contribution >= 0.6 is 0 Å². The van der Waals surface area contributed by atoms with Crippen LogP contribution in [0.15, 0.2) is 77.2 Å². The first kappa shape index (κ1) is 15.4. The standard InChI is InChI=1S/C19H13NO4/c21-18(14-6-8-16(9-7-14)20(22)23)12-10-17-11-13-19(24-17)15-4-2-1-3-5-15/h1-13H. The molecule has 118 valence electrons. The minimum atomic E-state index is -0.502. The Hall–Kier alpha value is -3.47. The summed E-state index contributed by atoms with van der Waals surface area (Å²) in [6, 6.07) is 18.7. The maximum Gasteiger partial charge on any atom is 0.269 e. The molecule has 0 aliphatic carbocycles. The van der Waals surface area contributed by atoms with Crippen LogP contribution in [0, 0.1) is 10.1 Å². The highest BCUT2D eigenvalue weighted by atomic mass is 16.6. The molecular weight excluding hydrogens is 306 g/mol. The van der Waals surface area contributed by atoms with E-state index in [1.807, 2.05) is 36.4 Å². The van der Waals surface area contributed by atoms with Gasteiger partial charge in [0.1, 0.15) is 11.5 Å². The van der Waals surface area contributed by atoms with E-state index in [1.165, 1.54) is 30.3 Å². The molecule has 0 N–H and O–H groups in total. The summed E-state index contributed by atoms with van der Waals surface area (Å²) in [5.74, 6) is 1.03. The van der Waals surface area contributed by atoms with Crippen LogP contribution in [-0.2, 0) is 0 Å². The Morgan fingerprint density at radius 2 is 1.67 bits per heavy atom. The first-order valence-electron chi connectivity index (χ1n) is 7.25. The Kier molecular flexibility index (Phi) is 4.34. The second-order valence-corrected chi connectivity index (χ2v) is 5.07. The van der Waals surface area contributed by atoms with E-state index in [1.54, 1.807) is 12.1 Å². The molecule has 0 bridgehead atoms. The van der Waals surface area contributed by atoms with Crippen LogP contribution in [0.3, 0.4) is 0 Å². The number of carbonyl (C=O) groups is 1. The summed E-state index contributed by atoms with van der Waals surface area (Å²) >= 11 is 0. The van der Waals surface area contributed by atoms with Crippen molar-refractivity contribution in [1.82, 2.24) is 0 Å². The van der Waals surface area contributed by atoms with Gasteiger partial charge in [0.05, 0.1) is 4.92 Å². The molecule has 0 unspecified atom stereocenters. The molecule has 3 aromatic rings. The molecule has 0 aliphatic heterocycles. The van der Waals surface area contributed by atoms with E-state index in [0.717, 1.165) is 11.3 Å². The Morgan fingerprint density at radius 3 is 2.33 bits per heavy atom. The Bertz CT molecular complexity index is 893. The molecule has 0 fully saturated rings. The van der Waals surface area contributed by atoms with Gasteiger partial charge in [-0.25, -0.2) is 0 Å². The molecule has 24 heavy (non-hydrogen) atoms. The van der Waals surface area contributed by atoms with Gasteiger partial charge in [-0.1, -0.05) is 30.3 Å². The van der Waals surface area contributed by atoms with Crippen LogP contribution in [0.4, 0.5) is 5.69 Å². The first-order chi connectivity index (χ1) is 11.6. The average molecular weight is 319 g/mol. The highest BCUT2D eigenvalue weighted by Crippen LogP contribution is 2.22. The van der Waals surface area contributed by atoms with E-state index < -0.39 is 4.92 Å². The van der Waals surface area contributed by atoms with Gasteiger partial charge in [-0.15, -0.1) is 0 Å². The molecule has 0 spiro atoms. The van der Waals surface area contributed by atoms with Crippen LogP contribution in [0.2, 0.25) is 0 Å². The van der Waals surface area contributed by atoms with Gasteiger partial charge in [-0.3, -0.25) is 14.9 Å². The van der Waals surface area contributed by atoms with E-state index in [-0.39, 0.29) is 11.5 Å². The number of hydrogen-bond acceptors (Lipinski definition) is 4. The second-order valence-electron chi connectivity index (χ2n) is 5.07. The summed E-state index contributed by atoms with van der Waals surface area (Å²) in [7, 11) is 0. The van der Waals surface area contributed by atoms with Crippen LogP contribution in [0.5, 0.6) is 0 Å². The van der Waals surface area contributed by atoms with Gasteiger partial charge >= 0.3 is 0 Å². The molecule has 3 rings (SSSR count). The van der Waals surface area contributed by atoms with E-state index in [2.05, 4.69) is 0 Å². The topological polar surface area (TPSA) is 73.3 Å². The predicted octanol–water partition coefficient (Wildman–Crippen LogP) is 4.75. The number of rotatable bonds is 5. The molecular formula is C19H13NO4. The van der Waals surface area contributed by atoms with E-state index in [0.29, 0.717) is 11.3 Å². The van der Waals surface area contributed by atoms with Crippen molar-refractivity contribution in [1.29, 1.82) is 0 Å². The van der Waals surface area contributed by atoms with Crippen LogP contribution in [0.25, 0.3) is 17.4 Å². The number of non-ortho nitro benzene ring substituents is 1. The molecule has 1 heterocycles. The van der Waals surface area contributed by atoms with Crippen molar-refractivity contribution in [2.24, 2.45) is 0 Å². The molecule has 0 saturated heterocycles. The third-order valence-corrected chi connectivity index (χ3v) is 3.45. The zero-order chi connectivity index (χ0) is 16.9. The van der Waals surface area contributed by atoms with Gasteiger partial charge in [0.2, 0.25) is 0 Å². The maximum atomic E-state index is 12.1. The Balaban J connectivity index is 1.72. The van der Waals surface area contributed by atoms with Crippen molar-refractivity contribution in [3.8, 4) is 11.3 Å². The highest BCUT2D eigenvalue weighted by molar-refractivity contribution is 6.06. The van der Waals surface area contributed by atoms with Crippen molar-refractivity contribution in [2.45, 2.75) is 0 Å². The number of carbonyl (C=O) groups excluding carboxylic acids is 1. The number of nitrogens with zero attached hydrogens (tertiary/aromatic N) is 1. The number of benzene rings is 2. The Labute approximate surface area is 138 Å². The summed E-state index contributed by atoms with van der Waals surface area (Å²) in [6.45, 7) is 0. The van der Waals surface area contributed by atoms with E-state index in [9.17, 15) is 14.9 Å². The summed E-state index contributed by atoms with van der Waals surface area (Å²) in [5, 5.41) is 10.6. The van der Waals surface area contributed by atoms with E-state index >= 15 is 0 Å². The first-order valence-corrected chi connectivity index (χ1v) is 7.25. The number of ketones is 1. The monoisotopic (exact) mass is 319 g/mol. The maximum absolute atomic E-state index is 12.1. The Morgan fingerprint density at radius 1 is 0.958 bits per heavy atom. The largest absolute Gasteiger partial charge is 0.457 e. The molecule has 0 amide bonds. The fourth-order valence-corrected chi connectivity index (χ4v) is 2.20. The lowest BCUT2D eigenvalue weighted by atomic mass is 10.1. The minimum Gasteiger partial charge on any atom is -0.457 e. The van der Waals surface area contributed by atoms with Crippen LogP contribution < -0.4 is 0 Å². The van der Waals surface area contributed by atoms with Crippen molar-refractivity contribution in [3.63, 3.8) is 0 Å². The molecule has 0 radical (unpaired) electrons. The molecule has 0 aliphatic rings. The minimum absolute atomic E-state index is 0.0472. The lowest BCUT2D eigenvalue weighted by molar-refractivity contribution is -0.384. The molecule has 0 saturated carbocycles. The molecule has 0 atom stereocenters. The smallest absolute Gasteiger partial charge is 0.269 e. The summed E-state index contributed by atoms with van der Waals surface area (Å²) < 4.78 is 5.68. The lowest BCUT2D eigenvalue weighted by Gasteiger charge is -1.96. The molecule has 5 nitrogen and oxygen atoms in total. The third kappa shape index (κ3) is 3.47. The zero-order valence-corrected chi connectivity index (χ0v) is 12.6. The molecule has 5 heteroatoms. The van der Waals surface area contributed by atoms with E-state index in [4.69, 9.17) is 4.42 Å². The van der Waals surface area contributed by atoms with Crippen LogP contribution in [0.1, 0.15) is 16.1 Å². The van der Waals surface area contributed by atoms with Crippen molar-refractivity contribution in [3.05, 3.63) is 94.2 Å². The van der Waals surface area contributed by atoms with Gasteiger partial charge in [0.25, 0.3) is 5.69 Å². The van der Waals surface area contributed by atoms with Gasteiger partial charge < -0.3 is 4.42 Å². The summed E-state index contributed by atoms with van der Waals surface area (Å²) in [6.07, 6.45) is 2.96. The number of hydrogen-bond donors (Lipinski definition) is 0. The third-order valence-electron chi connectivity index (χ3n) is 3.45. The normalized spacial score (nSPS) is 10.8. The number of nitro benzene ring substituents is 1. The predicted molar refractivity (Wildman–Crippen MR) is 90.6 cm³/mol. The summed E-state index contributed by atoms with van der Waals surface area (Å²) in [4.78, 5) is 22.2. The molecule has 2 aromatic carbocycles. The van der Waals surface area contributed by atoms with Crippen molar-refractivity contribution in [2.75, 3.05) is 0 Å². The quantitative estimate of drug-likeness (QED) is 0.294. The number of nitro groups is 1. The van der Waals surface area contributed by atoms with Gasteiger partial charge in [0.15, 0.2) is 5.78 Å². The SMILES string of the molecule is O=C(C=Cc1ccc(-c2ccccc2)o1)c1ccc([N+](=O)[O-])cc1. The van der Waals surface area contributed by atoms with Crippen molar-refractivity contribution < 1.29 is 14.1 Å².